The summed E-state index contributed by atoms with van der Waals surface area (Å²) in [5, 5.41) is 2.69. The lowest BCUT2D eigenvalue weighted by Crippen LogP contribution is -2.51. The first-order valence-corrected chi connectivity index (χ1v) is 9.14. The van der Waals surface area contributed by atoms with Crippen LogP contribution < -0.4 is 11.1 Å². The van der Waals surface area contributed by atoms with E-state index in [9.17, 15) is 9.59 Å². The monoisotopic (exact) mass is 384 g/mol. The number of nitrogen functional groups attached to an aromatic ring is 1. The van der Waals surface area contributed by atoms with Gasteiger partial charge in [0.15, 0.2) is 6.04 Å². The summed E-state index contributed by atoms with van der Waals surface area (Å²) in [6, 6.07) is 14.0. The highest BCUT2D eigenvalue weighted by Gasteiger charge is 2.32. The lowest BCUT2D eigenvalue weighted by atomic mass is 10.0. The van der Waals surface area contributed by atoms with Crippen molar-refractivity contribution in [3.8, 4) is 11.1 Å². The molecule has 150 valence electrons. The molecule has 0 spiro atoms. The zero-order valence-corrected chi connectivity index (χ0v) is 17.0. The number of amides is 1. The van der Waals surface area contributed by atoms with Crippen LogP contribution in [0.2, 0.25) is 0 Å². The Balaban J connectivity index is 2.22. The predicted molar refractivity (Wildman–Crippen MR) is 110 cm³/mol. The molecule has 3 N–H and O–H groups in total. The summed E-state index contributed by atoms with van der Waals surface area (Å²) in [5.41, 5.74) is 8.16. The fourth-order valence-electron chi connectivity index (χ4n) is 2.92. The van der Waals surface area contributed by atoms with Crippen molar-refractivity contribution in [2.45, 2.75) is 45.4 Å². The van der Waals surface area contributed by atoms with E-state index in [0.717, 1.165) is 11.1 Å². The minimum atomic E-state index is -0.954. The molecule has 0 bridgehead atoms. The van der Waals surface area contributed by atoms with E-state index in [-0.39, 0.29) is 5.56 Å². The average Bonchev–Trinajstić information content (AvgIpc) is 2.64. The van der Waals surface area contributed by atoms with Gasteiger partial charge in [-0.2, -0.15) is 0 Å². The maximum Gasteiger partial charge on any atom is 0.331 e. The molecule has 6 nitrogen and oxygen atoms in total. The molecule has 0 saturated carbocycles. The number of anilines is 1. The average molecular weight is 384 g/mol. The Hall–Kier alpha value is -2.86. The van der Waals surface area contributed by atoms with Crippen molar-refractivity contribution in [1.29, 1.82) is 0 Å². The number of nitrogens with two attached hydrogens (primary N) is 1. The molecule has 2 atom stereocenters. The van der Waals surface area contributed by atoms with Crippen LogP contribution in [0.25, 0.3) is 11.1 Å². The van der Waals surface area contributed by atoms with E-state index in [1.807, 2.05) is 57.2 Å². The van der Waals surface area contributed by atoms with Gasteiger partial charge in [-0.3, -0.25) is 4.79 Å². The Morgan fingerprint density at radius 3 is 2.21 bits per heavy atom. The molecule has 0 saturated heterocycles. The van der Waals surface area contributed by atoms with Crippen LogP contribution in [0.3, 0.4) is 0 Å². The second kappa shape index (κ2) is 8.89. The highest BCUT2D eigenvalue weighted by Crippen LogP contribution is 2.24. The third-order valence-electron chi connectivity index (χ3n) is 4.15. The predicted octanol–water partition coefficient (Wildman–Crippen LogP) is 3.41. The van der Waals surface area contributed by atoms with Gasteiger partial charge in [0.1, 0.15) is 0 Å². The van der Waals surface area contributed by atoms with Gasteiger partial charge in [0.25, 0.3) is 5.91 Å². The summed E-state index contributed by atoms with van der Waals surface area (Å²) in [6.45, 7) is 7.34. The lowest BCUT2D eigenvalue weighted by Gasteiger charge is -2.30. The molecule has 2 rings (SSSR count). The lowest BCUT2D eigenvalue weighted by molar-refractivity contribution is -0.150. The summed E-state index contributed by atoms with van der Waals surface area (Å²) >= 11 is 0. The first-order valence-electron chi connectivity index (χ1n) is 9.14. The van der Waals surface area contributed by atoms with Crippen LogP contribution in [0.5, 0.6) is 0 Å². The van der Waals surface area contributed by atoms with Crippen LogP contribution in [0.4, 0.5) is 5.69 Å². The van der Waals surface area contributed by atoms with Gasteiger partial charge in [0, 0.05) is 5.69 Å². The Bertz CT molecular complexity index is 828. The Kier molecular flexibility index (Phi) is 6.80. The van der Waals surface area contributed by atoms with Gasteiger partial charge < -0.3 is 20.5 Å². The molecular weight excluding hydrogens is 356 g/mol. The van der Waals surface area contributed by atoms with Gasteiger partial charge in [-0.25, -0.2) is 4.79 Å². The highest BCUT2D eigenvalue weighted by molar-refractivity contribution is 6.01. The van der Waals surface area contributed by atoms with E-state index in [2.05, 4.69) is 5.32 Å². The van der Waals surface area contributed by atoms with Gasteiger partial charge in [0.05, 0.1) is 24.4 Å². The van der Waals surface area contributed by atoms with Gasteiger partial charge in [-0.1, -0.05) is 36.4 Å². The summed E-state index contributed by atoms with van der Waals surface area (Å²) < 4.78 is 10.6. The van der Waals surface area contributed by atoms with Crippen molar-refractivity contribution in [3.05, 3.63) is 54.1 Å². The molecule has 0 aliphatic carbocycles. The molecule has 1 unspecified atom stereocenters. The summed E-state index contributed by atoms with van der Waals surface area (Å²) in [6.07, 6.45) is -0.582. The number of methoxy groups -OCH3 is 1. The minimum Gasteiger partial charge on any atom is -0.467 e. The van der Waals surface area contributed by atoms with E-state index in [1.165, 1.54) is 7.11 Å². The molecule has 0 aliphatic heterocycles. The van der Waals surface area contributed by atoms with E-state index < -0.39 is 29.6 Å². The number of ether oxygens (including phenoxy) is 2. The quantitative estimate of drug-likeness (QED) is 0.588. The van der Waals surface area contributed by atoms with E-state index >= 15 is 0 Å². The van der Waals surface area contributed by atoms with Crippen LogP contribution in [-0.2, 0) is 14.3 Å². The smallest absolute Gasteiger partial charge is 0.331 e. The maximum absolute atomic E-state index is 12.8. The molecule has 2 aromatic carbocycles. The Labute approximate surface area is 166 Å². The van der Waals surface area contributed by atoms with E-state index in [1.54, 1.807) is 19.1 Å². The SMILES string of the molecule is COC(=O)[C@@H](NC(=O)c1ccc(-c2ccccc2)cc1N)C(C)OC(C)(C)C. The largest absolute Gasteiger partial charge is 0.467 e. The summed E-state index contributed by atoms with van der Waals surface area (Å²) in [7, 11) is 1.27. The number of carbonyl (C=O) groups excluding carboxylic acids is 2. The Morgan fingerprint density at radius 2 is 1.68 bits per heavy atom. The number of benzene rings is 2. The fraction of sp³-hybridized carbons (Fsp3) is 0.364. The topological polar surface area (TPSA) is 90.7 Å². The van der Waals surface area contributed by atoms with E-state index in [0.29, 0.717) is 5.69 Å². The third kappa shape index (κ3) is 5.57. The zero-order chi connectivity index (χ0) is 20.9. The molecule has 0 fully saturated rings. The fourth-order valence-corrected chi connectivity index (χ4v) is 2.92. The molecular formula is C22H28N2O4. The van der Waals surface area contributed by atoms with Crippen LogP contribution in [0.15, 0.2) is 48.5 Å². The van der Waals surface area contributed by atoms with Gasteiger partial charge >= 0.3 is 5.97 Å². The van der Waals surface area contributed by atoms with Crippen LogP contribution in [0.1, 0.15) is 38.1 Å². The van der Waals surface area contributed by atoms with Gasteiger partial charge in [0.2, 0.25) is 0 Å². The summed E-state index contributed by atoms with van der Waals surface area (Å²) in [5.74, 6) is -1.04. The maximum atomic E-state index is 12.8. The zero-order valence-electron chi connectivity index (χ0n) is 17.0. The van der Waals surface area contributed by atoms with Crippen molar-refractivity contribution in [3.63, 3.8) is 0 Å². The third-order valence-corrected chi connectivity index (χ3v) is 4.15. The van der Waals surface area contributed by atoms with Gasteiger partial charge in [-0.15, -0.1) is 0 Å². The number of rotatable bonds is 6. The second-order valence-corrected chi connectivity index (χ2v) is 7.58. The van der Waals surface area contributed by atoms with Crippen LogP contribution in [-0.4, -0.2) is 36.7 Å². The Morgan fingerprint density at radius 1 is 1.04 bits per heavy atom. The number of hydrogen-bond donors (Lipinski definition) is 2. The first kappa shape index (κ1) is 21.4. The van der Waals surface area contributed by atoms with Crippen molar-refractivity contribution >= 4 is 17.6 Å². The molecule has 6 heteroatoms. The normalized spacial score (nSPS) is 13.5. The van der Waals surface area contributed by atoms with Gasteiger partial charge in [-0.05, 0) is 51.0 Å². The molecule has 0 aliphatic rings. The van der Waals surface area contributed by atoms with Crippen molar-refractivity contribution in [2.24, 2.45) is 0 Å². The molecule has 0 heterocycles. The highest BCUT2D eigenvalue weighted by atomic mass is 16.5. The van der Waals surface area contributed by atoms with Crippen molar-refractivity contribution in [1.82, 2.24) is 5.32 Å². The standard InChI is InChI=1S/C22H28N2O4/c1-14(28-22(2,3)4)19(21(26)27-5)24-20(25)17-12-11-16(13-18(17)23)15-9-7-6-8-10-15/h6-14,19H,23H2,1-5H3,(H,24,25)/t14?,19-/m0/s1. The van der Waals surface area contributed by atoms with Crippen LogP contribution in [0, 0.1) is 0 Å². The molecule has 2 aromatic rings. The number of esters is 1. The molecule has 0 radical (unpaired) electrons. The number of carbonyl (C=O) groups is 2. The summed E-state index contributed by atoms with van der Waals surface area (Å²) in [4.78, 5) is 24.9. The van der Waals surface area contributed by atoms with Crippen molar-refractivity contribution in [2.75, 3.05) is 12.8 Å². The molecule has 1 amide bonds. The second-order valence-electron chi connectivity index (χ2n) is 7.58. The minimum absolute atomic E-state index is 0.288. The molecule has 28 heavy (non-hydrogen) atoms. The van der Waals surface area contributed by atoms with E-state index in [4.69, 9.17) is 15.2 Å². The molecule has 0 aromatic heterocycles. The van der Waals surface area contributed by atoms with Crippen LogP contribution >= 0.6 is 0 Å². The number of hydrogen-bond acceptors (Lipinski definition) is 5. The first-order chi connectivity index (χ1) is 13.1. The number of nitrogens with one attached hydrogen (secondary N) is 1. The van der Waals surface area contributed by atoms with Crippen molar-refractivity contribution < 1.29 is 19.1 Å².